The number of halogens is 15. The number of ether oxygens (including phenoxy) is 2. The second-order valence-electron chi connectivity index (χ2n) is 5.89. The maximum Gasteiger partial charge on any atom is 0.573 e. The maximum absolute atomic E-state index is 12.0. The molecule has 0 fully saturated rings. The first kappa shape index (κ1) is 35.8. The van der Waals surface area contributed by atoms with Crippen molar-refractivity contribution >= 4 is 110 Å². The quantitative estimate of drug-likeness (QED) is 0.196. The molecule has 3 nitrogen and oxygen atoms in total. The van der Waals surface area contributed by atoms with Gasteiger partial charge in [-0.2, -0.15) is 0 Å². The highest BCUT2D eigenvalue weighted by molar-refractivity contribution is 6.67. The molecule has 0 saturated carbocycles. The second kappa shape index (κ2) is 14.8. The summed E-state index contributed by atoms with van der Waals surface area (Å²) in [5, 5.41) is -0.324. The predicted molar refractivity (Wildman–Crippen MR) is 136 cm³/mol. The zero-order valence-electron chi connectivity index (χ0n) is 16.8. The third kappa shape index (κ3) is 16.6. The lowest BCUT2D eigenvalue weighted by Gasteiger charge is -2.15. The largest absolute Gasteiger partial charge is 0.573 e. The normalized spacial score (nSPS) is 11.5. The molecule has 36 heavy (non-hydrogen) atoms. The van der Waals surface area contributed by atoms with Crippen LogP contribution in [0.5, 0.6) is 11.5 Å². The van der Waals surface area contributed by atoms with E-state index in [4.69, 9.17) is 110 Å². The number of anilines is 1. The molecule has 18 heteroatoms. The Hall–Kier alpha value is -0.230. The monoisotopic (exact) mass is 701 g/mol. The molecule has 2 aromatic carbocycles. The third-order valence-corrected chi connectivity index (χ3v) is 4.71. The Bertz CT molecular complexity index is 993. The van der Waals surface area contributed by atoms with E-state index in [0.717, 1.165) is 24.3 Å². The molecule has 2 rings (SSSR count). The van der Waals surface area contributed by atoms with Crippen LogP contribution in [0.4, 0.5) is 32.0 Å². The molecule has 0 radical (unpaired) electrons. The average molecular weight is 705 g/mol. The van der Waals surface area contributed by atoms with E-state index in [1.54, 1.807) is 0 Å². The Morgan fingerprint density at radius 3 is 1.25 bits per heavy atom. The first-order chi connectivity index (χ1) is 16.0. The van der Waals surface area contributed by atoms with Gasteiger partial charge in [-0.15, -0.1) is 26.3 Å². The van der Waals surface area contributed by atoms with Crippen molar-refractivity contribution in [3.8, 4) is 11.5 Å². The van der Waals surface area contributed by atoms with E-state index in [0.29, 0.717) is 0 Å². The number of rotatable bonds is 3. The Kier molecular flexibility index (Phi) is 14.7. The molecule has 2 aromatic rings. The summed E-state index contributed by atoms with van der Waals surface area (Å²) in [6.45, 7) is 3.09. The number of hydrogen-bond acceptors (Lipinski definition) is 3. The van der Waals surface area contributed by atoms with Crippen molar-refractivity contribution in [1.82, 2.24) is 0 Å². The molecule has 0 aliphatic heterocycles. The fourth-order valence-corrected chi connectivity index (χ4v) is 3.36. The Balaban J connectivity index is 0.000000606. The molecular weight excluding hydrogens is 695 g/mol. The maximum atomic E-state index is 12.0. The topological polar surface area (TPSA) is 44.5 Å². The molecule has 0 aliphatic rings. The minimum absolute atomic E-state index is 0.0165. The molecule has 0 spiro atoms. The predicted octanol–water partition coefficient (Wildman–Crippen LogP) is 11.2. The molecule has 0 aliphatic carbocycles. The number of nitrogens with two attached hydrogens (primary N) is 1. The molecule has 0 amide bonds. The Labute approximate surface area is 245 Å². The summed E-state index contributed by atoms with van der Waals surface area (Å²) in [5.74, 6) is -1.03. The van der Waals surface area contributed by atoms with Gasteiger partial charge in [0.2, 0.25) is 0 Å². The van der Waals surface area contributed by atoms with Gasteiger partial charge in [-0.1, -0.05) is 111 Å². The van der Waals surface area contributed by atoms with E-state index in [9.17, 15) is 26.3 Å². The van der Waals surface area contributed by atoms with Crippen molar-refractivity contribution in [2.75, 3.05) is 5.73 Å². The molecule has 0 heterocycles. The van der Waals surface area contributed by atoms with Crippen LogP contribution in [0.1, 0.15) is 5.56 Å². The fourth-order valence-electron chi connectivity index (χ4n) is 1.90. The van der Waals surface area contributed by atoms with Crippen LogP contribution in [0.15, 0.2) is 35.3 Å². The van der Waals surface area contributed by atoms with Crippen molar-refractivity contribution in [1.29, 1.82) is 0 Å². The molecular formula is C18H10Cl9F6NO2. The number of benzene rings is 2. The van der Waals surface area contributed by atoms with E-state index < -0.39 is 28.0 Å². The minimum Gasteiger partial charge on any atom is -0.406 e. The lowest BCUT2D eigenvalue weighted by Crippen LogP contribution is -2.17. The van der Waals surface area contributed by atoms with Gasteiger partial charge in [-0.25, -0.2) is 0 Å². The van der Waals surface area contributed by atoms with Crippen LogP contribution in [0.3, 0.4) is 0 Å². The minimum atomic E-state index is -4.83. The van der Waals surface area contributed by atoms with Crippen molar-refractivity contribution in [3.63, 3.8) is 0 Å². The van der Waals surface area contributed by atoms with Gasteiger partial charge in [-0.3, -0.25) is 0 Å². The molecule has 0 unspecified atom stereocenters. The van der Waals surface area contributed by atoms with E-state index >= 15 is 0 Å². The fraction of sp³-hybridized carbons (Fsp3) is 0.222. The van der Waals surface area contributed by atoms with Crippen LogP contribution in [0, 0.1) is 0 Å². The highest BCUT2D eigenvalue weighted by Gasteiger charge is 2.32. The molecule has 0 atom stereocenters. The van der Waals surface area contributed by atoms with Gasteiger partial charge in [0.15, 0.2) is 3.79 Å². The summed E-state index contributed by atoms with van der Waals surface area (Å²) >= 11 is 48.9. The first-order valence-electron chi connectivity index (χ1n) is 8.31. The van der Waals surface area contributed by atoms with Crippen LogP contribution >= 0.6 is 104 Å². The van der Waals surface area contributed by atoms with Crippen molar-refractivity contribution in [2.24, 2.45) is 0 Å². The summed E-state index contributed by atoms with van der Waals surface area (Å²) in [7, 11) is 0. The lowest BCUT2D eigenvalue weighted by atomic mass is 10.1. The average Bonchev–Trinajstić information content (AvgIpc) is 2.59. The molecule has 204 valence electrons. The summed E-state index contributed by atoms with van der Waals surface area (Å²) in [6.07, 6.45) is -9.74. The van der Waals surface area contributed by atoms with E-state index in [1.165, 1.54) is 0 Å². The smallest absolute Gasteiger partial charge is 0.406 e. The van der Waals surface area contributed by atoms with Gasteiger partial charge in [0.05, 0.1) is 20.2 Å². The Morgan fingerprint density at radius 1 is 0.722 bits per heavy atom. The number of nitrogen functional groups attached to an aromatic ring is 1. The van der Waals surface area contributed by atoms with Gasteiger partial charge in [0.1, 0.15) is 11.5 Å². The van der Waals surface area contributed by atoms with Gasteiger partial charge in [0, 0.05) is 28.6 Å². The zero-order chi connectivity index (χ0) is 28.6. The van der Waals surface area contributed by atoms with Crippen molar-refractivity contribution in [3.05, 3.63) is 61.0 Å². The summed E-state index contributed by atoms with van der Waals surface area (Å²) in [4.78, 5) is 0. The van der Waals surface area contributed by atoms with Crippen LogP contribution in [0.25, 0.3) is 0 Å². The summed E-state index contributed by atoms with van der Waals surface area (Å²) < 4.78 is 77.0. The van der Waals surface area contributed by atoms with Gasteiger partial charge in [-0.05, 0) is 17.7 Å². The summed E-state index contributed by atoms with van der Waals surface area (Å²) in [5.41, 5.74) is 5.56. The first-order valence-corrected chi connectivity index (χ1v) is 11.7. The molecule has 0 saturated heterocycles. The number of hydrogen-bond donors (Lipinski definition) is 1. The lowest BCUT2D eigenvalue weighted by molar-refractivity contribution is -0.275. The highest BCUT2D eigenvalue weighted by Crippen LogP contribution is 2.39. The van der Waals surface area contributed by atoms with Crippen LogP contribution in [0.2, 0.25) is 20.1 Å². The van der Waals surface area contributed by atoms with Crippen molar-refractivity contribution in [2.45, 2.75) is 22.9 Å². The zero-order valence-corrected chi connectivity index (χ0v) is 23.6. The molecule has 2 N–H and O–H groups in total. The number of alkyl halides is 9. The van der Waals surface area contributed by atoms with Gasteiger partial charge < -0.3 is 15.2 Å². The molecule has 0 bridgehead atoms. The highest BCUT2D eigenvalue weighted by atomic mass is 35.6. The third-order valence-electron chi connectivity index (χ3n) is 3.01. The Morgan fingerprint density at radius 2 is 1.00 bits per heavy atom. The van der Waals surface area contributed by atoms with Crippen molar-refractivity contribution < 1.29 is 35.8 Å². The van der Waals surface area contributed by atoms with Crippen LogP contribution in [-0.4, -0.2) is 16.5 Å². The SMILES string of the molecule is C=C(Cl)Cl.FC(F)(F)Oc1cc(Cl)c(CC(Cl)(Cl)Cl)c(Cl)c1.Nc1c(Cl)cc(OC(F)(F)F)cc1Cl. The van der Waals surface area contributed by atoms with Crippen LogP contribution in [-0.2, 0) is 6.42 Å². The van der Waals surface area contributed by atoms with E-state index in [2.05, 4.69) is 16.1 Å². The standard InChI is InChI=1S/C9H4Cl5F3O.C7H4Cl2F3NO.C2H2Cl2/c10-6-1-4(18-9(15,16)17)2-7(11)5(6)3-8(12,13)14;8-4-1-3(14-7(10,11)12)2-5(9)6(4)13;1-2(3)4/h1-2H,3H2;1-2H,13H2;1H2. The van der Waals surface area contributed by atoms with Gasteiger partial charge in [0.25, 0.3) is 0 Å². The van der Waals surface area contributed by atoms with Gasteiger partial charge >= 0.3 is 12.7 Å². The second-order valence-corrected chi connectivity index (χ2v) is 11.1. The van der Waals surface area contributed by atoms with E-state index in [1.807, 2.05) is 0 Å². The summed E-state index contributed by atoms with van der Waals surface area (Å²) in [6, 6.07) is 3.78. The molecule has 0 aromatic heterocycles. The van der Waals surface area contributed by atoms with E-state index in [-0.39, 0.29) is 42.3 Å². The van der Waals surface area contributed by atoms with Crippen LogP contribution < -0.4 is 15.2 Å².